The van der Waals surface area contributed by atoms with Crippen LogP contribution in [-0.2, 0) is 6.54 Å². The fourth-order valence-corrected chi connectivity index (χ4v) is 2.48. The summed E-state index contributed by atoms with van der Waals surface area (Å²) in [6, 6.07) is 4.24. The molecule has 0 fully saturated rings. The molecule has 0 aromatic carbocycles. The summed E-state index contributed by atoms with van der Waals surface area (Å²) in [6.07, 6.45) is 1.91. The molecule has 0 radical (unpaired) electrons. The monoisotopic (exact) mass is 291 g/mol. The highest BCUT2D eigenvalue weighted by atomic mass is 15.2. The van der Waals surface area contributed by atoms with Crippen LogP contribution in [0.1, 0.15) is 47.1 Å². The number of hydrogen-bond acceptors (Lipinski definition) is 3. The Kier molecular flexibility index (Phi) is 7.73. The molecule has 0 bridgehead atoms. The Bertz CT molecular complexity index is 389. The minimum Gasteiger partial charge on any atom is -0.356 e. The van der Waals surface area contributed by atoms with Crippen molar-refractivity contribution in [3.63, 3.8) is 0 Å². The summed E-state index contributed by atoms with van der Waals surface area (Å²) >= 11 is 0. The molecule has 1 N–H and O–H groups in total. The normalized spacial score (nSPS) is 11.7. The van der Waals surface area contributed by atoms with E-state index in [1.54, 1.807) is 0 Å². The molecule has 0 amide bonds. The van der Waals surface area contributed by atoms with Crippen molar-refractivity contribution in [2.75, 3.05) is 24.5 Å². The standard InChI is InChI=1S/C18H33N3/c1-14(2)10-19-11-17-8-7-9-20-18(17)21(12-15(3)4)13-16(5)6/h7-9,14-16,19H,10-13H2,1-6H3. The van der Waals surface area contributed by atoms with E-state index >= 15 is 0 Å². The first-order valence-corrected chi connectivity index (χ1v) is 8.29. The van der Waals surface area contributed by atoms with Crippen LogP contribution in [0.5, 0.6) is 0 Å². The van der Waals surface area contributed by atoms with Gasteiger partial charge in [0, 0.05) is 31.4 Å². The zero-order valence-corrected chi connectivity index (χ0v) is 14.7. The highest BCUT2D eigenvalue weighted by Crippen LogP contribution is 2.20. The molecule has 3 nitrogen and oxygen atoms in total. The second-order valence-corrected chi connectivity index (χ2v) is 7.20. The lowest BCUT2D eigenvalue weighted by atomic mass is 10.1. The van der Waals surface area contributed by atoms with E-state index in [2.05, 4.69) is 62.8 Å². The maximum Gasteiger partial charge on any atom is 0.133 e. The van der Waals surface area contributed by atoms with Crippen molar-refractivity contribution >= 4 is 5.82 Å². The van der Waals surface area contributed by atoms with Gasteiger partial charge in [-0.15, -0.1) is 0 Å². The second kappa shape index (κ2) is 9.04. The van der Waals surface area contributed by atoms with Gasteiger partial charge in [0.1, 0.15) is 5.82 Å². The topological polar surface area (TPSA) is 28.2 Å². The van der Waals surface area contributed by atoms with Gasteiger partial charge in [-0.25, -0.2) is 4.98 Å². The number of anilines is 1. The Hall–Kier alpha value is -1.09. The minimum atomic E-state index is 0.641. The Balaban J connectivity index is 2.85. The van der Waals surface area contributed by atoms with Crippen LogP contribution in [0.25, 0.3) is 0 Å². The van der Waals surface area contributed by atoms with Crippen LogP contribution in [0, 0.1) is 17.8 Å². The van der Waals surface area contributed by atoms with Crippen LogP contribution in [0.15, 0.2) is 18.3 Å². The van der Waals surface area contributed by atoms with Crippen LogP contribution >= 0.6 is 0 Å². The SMILES string of the molecule is CC(C)CNCc1cccnc1N(CC(C)C)CC(C)C. The van der Waals surface area contributed by atoms with Gasteiger partial charge in [-0.05, 0) is 30.4 Å². The van der Waals surface area contributed by atoms with Gasteiger partial charge < -0.3 is 10.2 Å². The molecule has 1 aromatic rings. The minimum absolute atomic E-state index is 0.641. The summed E-state index contributed by atoms with van der Waals surface area (Å²) < 4.78 is 0. The van der Waals surface area contributed by atoms with E-state index in [9.17, 15) is 0 Å². The summed E-state index contributed by atoms with van der Waals surface area (Å²) in [4.78, 5) is 7.11. The Labute approximate surface area is 131 Å². The number of pyridine rings is 1. The van der Waals surface area contributed by atoms with Crippen molar-refractivity contribution in [3.05, 3.63) is 23.9 Å². The van der Waals surface area contributed by atoms with Gasteiger partial charge in [-0.1, -0.05) is 47.6 Å². The van der Waals surface area contributed by atoms with Crippen LogP contribution in [0.2, 0.25) is 0 Å². The summed E-state index contributed by atoms with van der Waals surface area (Å²) in [7, 11) is 0. The third-order valence-electron chi connectivity index (χ3n) is 3.21. The van der Waals surface area contributed by atoms with Crippen LogP contribution in [0.3, 0.4) is 0 Å². The van der Waals surface area contributed by atoms with Gasteiger partial charge in [-0.2, -0.15) is 0 Å². The Morgan fingerprint density at radius 3 is 2.14 bits per heavy atom. The lowest BCUT2D eigenvalue weighted by Gasteiger charge is -2.29. The van der Waals surface area contributed by atoms with E-state index in [0.717, 1.165) is 32.0 Å². The van der Waals surface area contributed by atoms with E-state index in [0.29, 0.717) is 17.8 Å². The van der Waals surface area contributed by atoms with Crippen molar-refractivity contribution in [1.29, 1.82) is 0 Å². The average Bonchev–Trinajstić information content (AvgIpc) is 2.37. The first kappa shape index (κ1) is 18.0. The summed E-state index contributed by atoms with van der Waals surface area (Å²) in [6.45, 7) is 17.6. The molecule has 120 valence electrons. The van der Waals surface area contributed by atoms with Crippen molar-refractivity contribution in [2.45, 2.75) is 48.1 Å². The van der Waals surface area contributed by atoms with Gasteiger partial charge in [-0.3, -0.25) is 0 Å². The van der Waals surface area contributed by atoms with Gasteiger partial charge in [0.15, 0.2) is 0 Å². The average molecular weight is 291 g/mol. The number of hydrogen-bond donors (Lipinski definition) is 1. The third-order valence-corrected chi connectivity index (χ3v) is 3.21. The van der Waals surface area contributed by atoms with Crippen molar-refractivity contribution in [1.82, 2.24) is 10.3 Å². The molecular weight excluding hydrogens is 258 g/mol. The highest BCUT2D eigenvalue weighted by molar-refractivity contribution is 5.46. The highest BCUT2D eigenvalue weighted by Gasteiger charge is 2.15. The largest absolute Gasteiger partial charge is 0.356 e. The van der Waals surface area contributed by atoms with E-state index < -0.39 is 0 Å². The lowest BCUT2D eigenvalue weighted by Crippen LogP contribution is -2.33. The molecular formula is C18H33N3. The van der Waals surface area contributed by atoms with Gasteiger partial charge >= 0.3 is 0 Å². The molecule has 0 saturated heterocycles. The van der Waals surface area contributed by atoms with Crippen molar-refractivity contribution < 1.29 is 0 Å². The van der Waals surface area contributed by atoms with Crippen LogP contribution in [0.4, 0.5) is 5.82 Å². The van der Waals surface area contributed by atoms with E-state index in [1.165, 1.54) is 5.56 Å². The predicted molar refractivity (Wildman–Crippen MR) is 92.7 cm³/mol. The Morgan fingerprint density at radius 2 is 1.62 bits per heavy atom. The number of aromatic nitrogens is 1. The quantitative estimate of drug-likeness (QED) is 0.747. The van der Waals surface area contributed by atoms with E-state index in [4.69, 9.17) is 0 Å². The molecule has 0 atom stereocenters. The third kappa shape index (κ3) is 6.94. The fraction of sp³-hybridized carbons (Fsp3) is 0.722. The maximum absolute atomic E-state index is 4.67. The first-order valence-electron chi connectivity index (χ1n) is 8.29. The predicted octanol–water partition coefficient (Wildman–Crippen LogP) is 3.95. The maximum atomic E-state index is 4.67. The van der Waals surface area contributed by atoms with Crippen LogP contribution < -0.4 is 10.2 Å². The first-order chi connectivity index (χ1) is 9.90. The summed E-state index contributed by atoms with van der Waals surface area (Å²) in [5.41, 5.74) is 1.31. The molecule has 0 aliphatic heterocycles. The van der Waals surface area contributed by atoms with E-state index in [1.807, 2.05) is 12.3 Å². The Morgan fingerprint density at radius 1 is 1.00 bits per heavy atom. The van der Waals surface area contributed by atoms with Crippen molar-refractivity contribution in [2.24, 2.45) is 17.8 Å². The molecule has 0 spiro atoms. The second-order valence-electron chi connectivity index (χ2n) is 7.20. The molecule has 3 heteroatoms. The molecule has 0 saturated carbocycles. The molecule has 0 aliphatic carbocycles. The van der Waals surface area contributed by atoms with Gasteiger partial charge in [0.25, 0.3) is 0 Å². The lowest BCUT2D eigenvalue weighted by molar-refractivity contribution is 0.537. The zero-order chi connectivity index (χ0) is 15.8. The molecule has 21 heavy (non-hydrogen) atoms. The smallest absolute Gasteiger partial charge is 0.133 e. The zero-order valence-electron chi connectivity index (χ0n) is 14.7. The number of nitrogens with zero attached hydrogens (tertiary/aromatic N) is 2. The molecule has 0 unspecified atom stereocenters. The van der Waals surface area contributed by atoms with E-state index in [-0.39, 0.29) is 0 Å². The molecule has 1 heterocycles. The van der Waals surface area contributed by atoms with Gasteiger partial charge in [0.2, 0.25) is 0 Å². The van der Waals surface area contributed by atoms with Gasteiger partial charge in [0.05, 0.1) is 0 Å². The summed E-state index contributed by atoms with van der Waals surface area (Å²) in [5.74, 6) is 3.10. The molecule has 0 aliphatic rings. The van der Waals surface area contributed by atoms with Crippen LogP contribution in [-0.4, -0.2) is 24.6 Å². The fourth-order valence-electron chi connectivity index (χ4n) is 2.48. The van der Waals surface area contributed by atoms with Crippen molar-refractivity contribution in [3.8, 4) is 0 Å². The molecule has 1 rings (SSSR count). The number of nitrogens with one attached hydrogen (secondary N) is 1. The number of rotatable bonds is 9. The molecule has 1 aromatic heterocycles. The summed E-state index contributed by atoms with van der Waals surface area (Å²) in [5, 5.41) is 3.54.